The van der Waals surface area contributed by atoms with Crippen LogP contribution in [-0.4, -0.2) is 36.5 Å². The van der Waals surface area contributed by atoms with Gasteiger partial charge in [-0.1, -0.05) is 32.1 Å². The predicted octanol–water partition coefficient (Wildman–Crippen LogP) is 2.36. The van der Waals surface area contributed by atoms with Crippen LogP contribution in [0.25, 0.3) is 0 Å². The van der Waals surface area contributed by atoms with Gasteiger partial charge in [0.2, 0.25) is 5.91 Å². The quantitative estimate of drug-likeness (QED) is 0.580. The minimum atomic E-state index is 0.121. The van der Waals surface area contributed by atoms with E-state index in [1.54, 1.807) is 6.08 Å². The number of allylic oxidation sites excluding steroid dienone is 3. The molecule has 1 fully saturated rings. The van der Waals surface area contributed by atoms with Crippen molar-refractivity contribution in [2.45, 2.75) is 39.7 Å². The van der Waals surface area contributed by atoms with E-state index in [0.29, 0.717) is 12.0 Å². The highest BCUT2D eigenvalue weighted by atomic mass is 16.2. The molecule has 1 aliphatic rings. The standard InChI is InChI=1S/C15H26N2O/c1-4-5-6-9-15(18)17(11-13(2)3)12-14-8-7-10-16-14/h4-6,9,13-14,16H,7-8,10-12H2,1-3H3. The number of hydrogen-bond donors (Lipinski definition) is 1. The number of hydrogen-bond acceptors (Lipinski definition) is 2. The second-order valence-corrected chi connectivity index (χ2v) is 5.32. The highest BCUT2D eigenvalue weighted by Crippen LogP contribution is 2.09. The summed E-state index contributed by atoms with van der Waals surface area (Å²) in [5, 5.41) is 3.45. The van der Waals surface area contributed by atoms with Crippen molar-refractivity contribution in [2.24, 2.45) is 5.92 Å². The molecule has 1 heterocycles. The largest absolute Gasteiger partial charge is 0.337 e. The SMILES string of the molecule is CC=CC=CC(=O)N(CC(C)C)CC1CCCN1. The zero-order chi connectivity index (χ0) is 13.4. The Balaban J connectivity index is 2.55. The average molecular weight is 250 g/mol. The first-order valence-corrected chi connectivity index (χ1v) is 6.95. The summed E-state index contributed by atoms with van der Waals surface area (Å²) >= 11 is 0. The van der Waals surface area contributed by atoms with Crippen LogP contribution in [0.3, 0.4) is 0 Å². The van der Waals surface area contributed by atoms with E-state index in [4.69, 9.17) is 0 Å². The minimum absolute atomic E-state index is 0.121. The molecular formula is C15H26N2O. The van der Waals surface area contributed by atoms with Crippen molar-refractivity contribution >= 4 is 5.91 Å². The van der Waals surface area contributed by atoms with Crippen molar-refractivity contribution in [2.75, 3.05) is 19.6 Å². The molecule has 18 heavy (non-hydrogen) atoms. The topological polar surface area (TPSA) is 32.3 Å². The summed E-state index contributed by atoms with van der Waals surface area (Å²) in [6.45, 7) is 9.00. The number of nitrogens with zero attached hydrogens (tertiary/aromatic N) is 1. The van der Waals surface area contributed by atoms with E-state index in [0.717, 1.165) is 19.6 Å². The van der Waals surface area contributed by atoms with E-state index < -0.39 is 0 Å². The smallest absolute Gasteiger partial charge is 0.246 e. The Bertz CT molecular complexity index is 302. The monoisotopic (exact) mass is 250 g/mol. The molecule has 1 amide bonds. The summed E-state index contributed by atoms with van der Waals surface area (Å²) in [6, 6.07) is 0.475. The molecule has 0 aromatic rings. The Kier molecular flexibility index (Phi) is 6.73. The Morgan fingerprint density at radius 2 is 2.22 bits per heavy atom. The molecule has 3 heteroatoms. The van der Waals surface area contributed by atoms with Crippen LogP contribution in [-0.2, 0) is 4.79 Å². The van der Waals surface area contributed by atoms with E-state index in [-0.39, 0.29) is 5.91 Å². The summed E-state index contributed by atoms with van der Waals surface area (Å²) < 4.78 is 0. The lowest BCUT2D eigenvalue weighted by atomic mass is 10.1. The van der Waals surface area contributed by atoms with E-state index in [9.17, 15) is 4.79 Å². The van der Waals surface area contributed by atoms with Crippen LogP contribution < -0.4 is 5.32 Å². The highest BCUT2D eigenvalue weighted by Gasteiger charge is 2.20. The Labute approximate surface area is 111 Å². The van der Waals surface area contributed by atoms with Gasteiger partial charge < -0.3 is 10.2 Å². The fraction of sp³-hybridized carbons (Fsp3) is 0.667. The molecule has 1 rings (SSSR count). The van der Waals surface area contributed by atoms with Gasteiger partial charge in [0.1, 0.15) is 0 Å². The second kappa shape index (κ2) is 8.09. The summed E-state index contributed by atoms with van der Waals surface area (Å²) in [5.41, 5.74) is 0. The number of amides is 1. The third-order valence-corrected chi connectivity index (χ3v) is 3.04. The predicted molar refractivity (Wildman–Crippen MR) is 76.4 cm³/mol. The van der Waals surface area contributed by atoms with Crippen molar-refractivity contribution in [3.8, 4) is 0 Å². The molecule has 0 radical (unpaired) electrons. The fourth-order valence-corrected chi connectivity index (χ4v) is 2.23. The maximum absolute atomic E-state index is 12.1. The van der Waals surface area contributed by atoms with E-state index in [1.807, 2.05) is 30.1 Å². The Morgan fingerprint density at radius 1 is 1.44 bits per heavy atom. The molecule has 1 N–H and O–H groups in total. The molecule has 0 spiro atoms. The molecule has 0 aromatic heterocycles. The third kappa shape index (κ3) is 5.50. The summed E-state index contributed by atoms with van der Waals surface area (Å²) in [4.78, 5) is 14.1. The van der Waals surface area contributed by atoms with Crippen LogP contribution in [0.15, 0.2) is 24.3 Å². The molecule has 1 aliphatic heterocycles. The summed E-state index contributed by atoms with van der Waals surface area (Å²) in [6.07, 6.45) is 9.70. The fourth-order valence-electron chi connectivity index (χ4n) is 2.23. The molecule has 1 saturated heterocycles. The molecule has 1 unspecified atom stereocenters. The van der Waals surface area contributed by atoms with Crippen LogP contribution in [0, 0.1) is 5.92 Å². The van der Waals surface area contributed by atoms with Crippen LogP contribution >= 0.6 is 0 Å². The van der Waals surface area contributed by atoms with E-state index in [1.165, 1.54) is 12.8 Å². The average Bonchev–Trinajstić information content (AvgIpc) is 2.80. The lowest BCUT2D eigenvalue weighted by molar-refractivity contribution is -0.126. The minimum Gasteiger partial charge on any atom is -0.337 e. The van der Waals surface area contributed by atoms with Gasteiger partial charge >= 0.3 is 0 Å². The van der Waals surface area contributed by atoms with Gasteiger partial charge in [-0.3, -0.25) is 4.79 Å². The van der Waals surface area contributed by atoms with Crippen molar-refractivity contribution in [1.82, 2.24) is 10.2 Å². The lowest BCUT2D eigenvalue weighted by Gasteiger charge is -2.26. The van der Waals surface area contributed by atoms with E-state index in [2.05, 4.69) is 19.2 Å². The van der Waals surface area contributed by atoms with Crippen LogP contribution in [0.1, 0.15) is 33.6 Å². The molecule has 1 atom stereocenters. The Hall–Kier alpha value is -1.09. The summed E-state index contributed by atoms with van der Waals surface area (Å²) in [7, 11) is 0. The first kappa shape index (κ1) is 15.0. The molecule has 0 aromatic carbocycles. The van der Waals surface area contributed by atoms with Gasteiger partial charge in [-0.15, -0.1) is 0 Å². The first-order valence-electron chi connectivity index (χ1n) is 6.95. The zero-order valence-electron chi connectivity index (χ0n) is 11.9. The number of rotatable bonds is 6. The van der Waals surface area contributed by atoms with Crippen molar-refractivity contribution in [3.63, 3.8) is 0 Å². The van der Waals surface area contributed by atoms with E-state index >= 15 is 0 Å². The van der Waals surface area contributed by atoms with Crippen LogP contribution in [0.2, 0.25) is 0 Å². The molecule has 0 bridgehead atoms. The first-order chi connectivity index (χ1) is 8.63. The molecular weight excluding hydrogens is 224 g/mol. The van der Waals surface area contributed by atoms with Gasteiger partial charge in [-0.2, -0.15) is 0 Å². The van der Waals surface area contributed by atoms with Crippen molar-refractivity contribution in [3.05, 3.63) is 24.3 Å². The maximum atomic E-state index is 12.1. The molecule has 0 saturated carbocycles. The van der Waals surface area contributed by atoms with Crippen LogP contribution in [0.5, 0.6) is 0 Å². The zero-order valence-corrected chi connectivity index (χ0v) is 11.9. The third-order valence-electron chi connectivity index (χ3n) is 3.04. The lowest BCUT2D eigenvalue weighted by Crippen LogP contribution is -2.42. The van der Waals surface area contributed by atoms with Gasteiger partial charge in [-0.25, -0.2) is 0 Å². The van der Waals surface area contributed by atoms with Crippen LogP contribution in [0.4, 0.5) is 0 Å². The van der Waals surface area contributed by atoms with Gasteiger partial charge in [0, 0.05) is 25.2 Å². The second-order valence-electron chi connectivity index (χ2n) is 5.32. The van der Waals surface area contributed by atoms with Gasteiger partial charge in [0.15, 0.2) is 0 Å². The highest BCUT2D eigenvalue weighted by molar-refractivity contribution is 5.87. The number of carbonyl (C=O) groups is 1. The Morgan fingerprint density at radius 3 is 2.78 bits per heavy atom. The molecule has 0 aliphatic carbocycles. The summed E-state index contributed by atoms with van der Waals surface area (Å²) in [5.74, 6) is 0.626. The normalized spacial score (nSPS) is 20.3. The molecule has 102 valence electrons. The van der Waals surface area contributed by atoms with Gasteiger partial charge in [0.05, 0.1) is 0 Å². The van der Waals surface area contributed by atoms with Crippen molar-refractivity contribution < 1.29 is 4.79 Å². The van der Waals surface area contributed by atoms with Gasteiger partial charge in [-0.05, 0) is 32.2 Å². The van der Waals surface area contributed by atoms with Crippen molar-refractivity contribution in [1.29, 1.82) is 0 Å². The number of carbonyl (C=O) groups excluding carboxylic acids is 1. The number of nitrogens with one attached hydrogen (secondary N) is 1. The van der Waals surface area contributed by atoms with Gasteiger partial charge in [0.25, 0.3) is 0 Å². The molecule has 3 nitrogen and oxygen atoms in total. The maximum Gasteiger partial charge on any atom is 0.246 e.